The molecule has 0 bridgehead atoms. The van der Waals surface area contributed by atoms with E-state index in [4.69, 9.17) is 5.11 Å². The molecule has 0 unspecified atom stereocenters. The van der Waals surface area contributed by atoms with Crippen LogP contribution in [0.2, 0.25) is 0 Å². The van der Waals surface area contributed by atoms with Crippen molar-refractivity contribution in [3.8, 4) is 0 Å². The fourth-order valence-electron chi connectivity index (χ4n) is 1.53. The van der Waals surface area contributed by atoms with Crippen molar-refractivity contribution in [2.45, 2.75) is 18.9 Å². The molecular formula is C13H16FNO3S. The van der Waals surface area contributed by atoms with E-state index in [0.29, 0.717) is 17.7 Å². The van der Waals surface area contributed by atoms with Crippen molar-refractivity contribution in [1.82, 2.24) is 5.32 Å². The number of carbonyl (C=O) groups is 2. The molecule has 6 heteroatoms. The van der Waals surface area contributed by atoms with E-state index in [2.05, 4.69) is 5.32 Å². The van der Waals surface area contributed by atoms with E-state index in [1.165, 1.54) is 36.0 Å². The second-order valence-electron chi connectivity index (χ2n) is 4.04. The number of amides is 1. The van der Waals surface area contributed by atoms with Crippen LogP contribution in [0.5, 0.6) is 0 Å². The molecule has 0 aromatic heterocycles. The summed E-state index contributed by atoms with van der Waals surface area (Å²) in [5.74, 6) is -1.12. The monoisotopic (exact) mass is 285 g/mol. The molecule has 0 saturated carbocycles. The Morgan fingerprint density at radius 1 is 1.37 bits per heavy atom. The van der Waals surface area contributed by atoms with Gasteiger partial charge >= 0.3 is 5.97 Å². The summed E-state index contributed by atoms with van der Waals surface area (Å²) in [5.41, 5.74) is 0.646. The maximum absolute atomic E-state index is 12.7. The van der Waals surface area contributed by atoms with Crippen LogP contribution < -0.4 is 5.32 Å². The molecule has 2 N–H and O–H groups in total. The highest BCUT2D eigenvalue weighted by molar-refractivity contribution is 7.98. The molecule has 0 radical (unpaired) electrons. The molecule has 0 fully saturated rings. The predicted octanol–water partition coefficient (Wildman–Crippen LogP) is 1.69. The lowest BCUT2D eigenvalue weighted by Crippen LogP contribution is -2.41. The zero-order chi connectivity index (χ0) is 14.3. The van der Waals surface area contributed by atoms with Crippen molar-refractivity contribution >= 4 is 23.6 Å². The molecule has 0 saturated heterocycles. The topological polar surface area (TPSA) is 66.4 Å². The molecule has 1 amide bonds. The third kappa shape index (κ3) is 5.74. The maximum Gasteiger partial charge on any atom is 0.326 e. The molecule has 4 nitrogen and oxygen atoms in total. The second kappa shape index (κ2) is 7.78. The van der Waals surface area contributed by atoms with Gasteiger partial charge in [-0.05, 0) is 36.1 Å². The van der Waals surface area contributed by atoms with Crippen LogP contribution in [0, 0.1) is 5.82 Å². The molecule has 1 rings (SSSR count). The van der Waals surface area contributed by atoms with Crippen LogP contribution in [0.25, 0.3) is 0 Å². The van der Waals surface area contributed by atoms with Gasteiger partial charge in [0.05, 0.1) is 6.42 Å². The number of benzene rings is 1. The SMILES string of the molecule is CSCC[C@H](NC(=O)Cc1ccc(F)cc1)C(=O)O. The number of hydrogen-bond donors (Lipinski definition) is 2. The van der Waals surface area contributed by atoms with Crippen LogP contribution in [0.3, 0.4) is 0 Å². The van der Waals surface area contributed by atoms with Crippen LogP contribution in [0.4, 0.5) is 4.39 Å². The number of aliphatic carboxylic acids is 1. The van der Waals surface area contributed by atoms with Crippen LogP contribution in [-0.4, -0.2) is 35.0 Å². The van der Waals surface area contributed by atoms with Crippen molar-refractivity contribution < 1.29 is 19.1 Å². The molecular weight excluding hydrogens is 269 g/mol. The molecule has 0 spiro atoms. The zero-order valence-corrected chi connectivity index (χ0v) is 11.4. The lowest BCUT2D eigenvalue weighted by molar-refractivity contribution is -0.141. The molecule has 104 valence electrons. The Morgan fingerprint density at radius 2 is 2.00 bits per heavy atom. The minimum Gasteiger partial charge on any atom is -0.480 e. The third-order valence-corrected chi connectivity index (χ3v) is 3.17. The predicted molar refractivity (Wildman–Crippen MR) is 72.7 cm³/mol. The first-order valence-corrected chi connectivity index (χ1v) is 7.18. The van der Waals surface area contributed by atoms with E-state index in [-0.39, 0.29) is 18.1 Å². The largest absolute Gasteiger partial charge is 0.480 e. The van der Waals surface area contributed by atoms with Gasteiger partial charge in [-0.3, -0.25) is 4.79 Å². The fourth-order valence-corrected chi connectivity index (χ4v) is 2.00. The maximum atomic E-state index is 12.7. The van der Waals surface area contributed by atoms with Gasteiger partial charge in [0.15, 0.2) is 0 Å². The van der Waals surface area contributed by atoms with E-state index in [0.717, 1.165) is 0 Å². The van der Waals surface area contributed by atoms with Gasteiger partial charge < -0.3 is 10.4 Å². The number of thioether (sulfide) groups is 1. The smallest absolute Gasteiger partial charge is 0.326 e. The number of rotatable bonds is 7. The lowest BCUT2D eigenvalue weighted by Gasteiger charge is -2.13. The molecule has 0 heterocycles. The van der Waals surface area contributed by atoms with E-state index < -0.39 is 12.0 Å². The summed E-state index contributed by atoms with van der Waals surface area (Å²) in [6.07, 6.45) is 2.30. The quantitative estimate of drug-likeness (QED) is 0.800. The normalized spacial score (nSPS) is 11.9. The lowest BCUT2D eigenvalue weighted by atomic mass is 10.1. The average Bonchev–Trinajstić information content (AvgIpc) is 2.37. The number of nitrogens with one attached hydrogen (secondary N) is 1. The standard InChI is InChI=1S/C13H16FNO3S/c1-19-7-6-11(13(17)18)15-12(16)8-9-2-4-10(14)5-3-9/h2-5,11H,6-8H2,1H3,(H,15,16)(H,17,18)/t11-/m0/s1. The number of carbonyl (C=O) groups excluding carboxylic acids is 1. The third-order valence-electron chi connectivity index (χ3n) is 2.52. The Bertz CT molecular complexity index is 436. The second-order valence-corrected chi connectivity index (χ2v) is 5.03. The molecule has 1 aromatic carbocycles. The fraction of sp³-hybridized carbons (Fsp3) is 0.385. The molecule has 0 aliphatic carbocycles. The molecule has 0 aliphatic rings. The summed E-state index contributed by atoms with van der Waals surface area (Å²) in [7, 11) is 0. The van der Waals surface area contributed by atoms with Crippen molar-refractivity contribution in [1.29, 1.82) is 0 Å². The first-order chi connectivity index (χ1) is 9.02. The minimum absolute atomic E-state index is 0.0450. The number of hydrogen-bond acceptors (Lipinski definition) is 3. The van der Waals surface area contributed by atoms with Crippen LogP contribution in [-0.2, 0) is 16.0 Å². The van der Waals surface area contributed by atoms with Gasteiger partial charge in [-0.15, -0.1) is 0 Å². The van der Waals surface area contributed by atoms with Gasteiger partial charge in [0.2, 0.25) is 5.91 Å². The van der Waals surface area contributed by atoms with Crippen LogP contribution in [0.15, 0.2) is 24.3 Å². The summed E-state index contributed by atoms with van der Waals surface area (Å²) in [6.45, 7) is 0. The van der Waals surface area contributed by atoms with Crippen molar-refractivity contribution in [2.75, 3.05) is 12.0 Å². The highest BCUT2D eigenvalue weighted by Gasteiger charge is 2.19. The van der Waals surface area contributed by atoms with Crippen molar-refractivity contribution in [2.24, 2.45) is 0 Å². The highest BCUT2D eigenvalue weighted by Crippen LogP contribution is 2.05. The van der Waals surface area contributed by atoms with E-state index in [1.54, 1.807) is 0 Å². The number of halogens is 1. The Kier molecular flexibility index (Phi) is 6.35. The van der Waals surface area contributed by atoms with Crippen molar-refractivity contribution in [3.63, 3.8) is 0 Å². The van der Waals surface area contributed by atoms with Crippen LogP contribution in [0.1, 0.15) is 12.0 Å². The van der Waals surface area contributed by atoms with Gasteiger partial charge in [-0.2, -0.15) is 11.8 Å². The van der Waals surface area contributed by atoms with E-state index >= 15 is 0 Å². The zero-order valence-electron chi connectivity index (χ0n) is 10.6. The number of carboxylic acids is 1. The Labute approximate surface area is 115 Å². The summed E-state index contributed by atoms with van der Waals surface area (Å²) >= 11 is 1.52. The first-order valence-electron chi connectivity index (χ1n) is 5.78. The molecule has 0 aliphatic heterocycles. The summed E-state index contributed by atoms with van der Waals surface area (Å²) in [5, 5.41) is 11.4. The summed E-state index contributed by atoms with van der Waals surface area (Å²) in [6, 6.07) is 4.68. The molecule has 19 heavy (non-hydrogen) atoms. The minimum atomic E-state index is -1.04. The van der Waals surface area contributed by atoms with Gasteiger partial charge in [0.25, 0.3) is 0 Å². The Hall–Kier alpha value is -1.56. The summed E-state index contributed by atoms with van der Waals surface area (Å²) in [4.78, 5) is 22.7. The van der Waals surface area contributed by atoms with Gasteiger partial charge in [0.1, 0.15) is 11.9 Å². The van der Waals surface area contributed by atoms with Gasteiger partial charge in [0, 0.05) is 0 Å². The van der Waals surface area contributed by atoms with Crippen molar-refractivity contribution in [3.05, 3.63) is 35.6 Å². The van der Waals surface area contributed by atoms with Gasteiger partial charge in [-0.1, -0.05) is 12.1 Å². The molecule has 1 aromatic rings. The number of carboxylic acid groups (broad SMARTS) is 1. The van der Waals surface area contributed by atoms with E-state index in [9.17, 15) is 14.0 Å². The van der Waals surface area contributed by atoms with Crippen LogP contribution >= 0.6 is 11.8 Å². The first kappa shape index (κ1) is 15.5. The Morgan fingerprint density at radius 3 is 2.53 bits per heavy atom. The highest BCUT2D eigenvalue weighted by atomic mass is 32.2. The van der Waals surface area contributed by atoms with E-state index in [1.807, 2.05) is 6.26 Å². The molecule has 1 atom stereocenters. The summed E-state index contributed by atoms with van der Waals surface area (Å²) < 4.78 is 12.7. The average molecular weight is 285 g/mol. The Balaban J connectivity index is 2.52. The van der Waals surface area contributed by atoms with Gasteiger partial charge in [-0.25, -0.2) is 9.18 Å².